The molecule has 33 heavy (non-hydrogen) atoms. The second kappa shape index (κ2) is 10.8. The topological polar surface area (TPSA) is 92.4 Å². The number of amides is 1. The summed E-state index contributed by atoms with van der Waals surface area (Å²) < 4.78 is 46.2. The minimum atomic E-state index is -5.08. The summed E-state index contributed by atoms with van der Waals surface area (Å²) in [7, 11) is 0. The van der Waals surface area contributed by atoms with E-state index in [0.717, 1.165) is 12.1 Å². The van der Waals surface area contributed by atoms with Crippen molar-refractivity contribution >= 4 is 11.9 Å². The lowest BCUT2D eigenvalue weighted by Crippen LogP contribution is -2.35. The number of nitrogens with one attached hydrogen (secondary N) is 1. The smallest absolute Gasteiger partial charge is 0.475 e. The van der Waals surface area contributed by atoms with Gasteiger partial charge in [0.25, 0.3) is 5.91 Å². The van der Waals surface area contributed by atoms with Crippen molar-refractivity contribution < 1.29 is 32.3 Å². The Labute approximate surface area is 190 Å². The Morgan fingerprint density at radius 2 is 1.64 bits per heavy atom. The third-order valence-electron chi connectivity index (χ3n) is 5.71. The van der Waals surface area contributed by atoms with E-state index in [9.17, 15) is 22.4 Å². The summed E-state index contributed by atoms with van der Waals surface area (Å²) in [5, 5.41) is 10.8. The molecule has 2 aromatic rings. The molecule has 0 saturated heterocycles. The molecule has 0 aromatic heterocycles. The maximum atomic E-state index is 14.5. The molecule has 9 heteroatoms. The number of alkyl halides is 3. The molecule has 0 atom stereocenters. The number of carboxylic acid groups (broad SMARTS) is 1. The number of hydrogen-bond acceptors (Lipinski definition) is 3. The van der Waals surface area contributed by atoms with E-state index in [1.54, 1.807) is 12.1 Å². The lowest BCUT2D eigenvalue weighted by Gasteiger charge is -2.34. The molecule has 5 nitrogen and oxygen atoms in total. The second-order valence-electron chi connectivity index (χ2n) is 8.85. The average Bonchev–Trinajstić information content (AvgIpc) is 2.73. The first-order chi connectivity index (χ1) is 15.3. The summed E-state index contributed by atoms with van der Waals surface area (Å²) in [4.78, 5) is 20.2. The Kier molecular flexibility index (Phi) is 8.60. The van der Waals surface area contributed by atoms with Gasteiger partial charge in [0.15, 0.2) is 0 Å². The van der Waals surface area contributed by atoms with Gasteiger partial charge in [-0.1, -0.05) is 50.2 Å². The zero-order valence-electron chi connectivity index (χ0n) is 18.5. The lowest BCUT2D eigenvalue weighted by molar-refractivity contribution is -0.192. The van der Waals surface area contributed by atoms with Crippen molar-refractivity contribution in [1.29, 1.82) is 0 Å². The fraction of sp³-hybridized carbons (Fsp3) is 0.417. The average molecular weight is 468 g/mol. The van der Waals surface area contributed by atoms with Crippen LogP contribution >= 0.6 is 0 Å². The van der Waals surface area contributed by atoms with E-state index >= 15 is 0 Å². The van der Waals surface area contributed by atoms with Gasteiger partial charge in [-0.3, -0.25) is 4.79 Å². The number of carbonyl (C=O) groups is 2. The van der Waals surface area contributed by atoms with Gasteiger partial charge >= 0.3 is 12.1 Å². The molecule has 180 valence electrons. The molecule has 0 bridgehead atoms. The Morgan fingerprint density at radius 3 is 2.12 bits per heavy atom. The van der Waals surface area contributed by atoms with Crippen LogP contribution in [0.3, 0.4) is 0 Å². The van der Waals surface area contributed by atoms with Gasteiger partial charge in [-0.25, -0.2) is 9.18 Å². The van der Waals surface area contributed by atoms with Crippen LogP contribution in [0.1, 0.15) is 55.5 Å². The predicted octanol–water partition coefficient (Wildman–Crippen LogP) is 5.28. The minimum absolute atomic E-state index is 0.0755. The highest BCUT2D eigenvalue weighted by atomic mass is 19.4. The number of primary amides is 1. The molecule has 1 aliphatic carbocycles. The number of carboxylic acids is 1. The second-order valence-corrected chi connectivity index (χ2v) is 8.85. The highest BCUT2D eigenvalue weighted by molar-refractivity contribution is 5.94. The largest absolute Gasteiger partial charge is 0.490 e. The van der Waals surface area contributed by atoms with Gasteiger partial charge < -0.3 is 16.2 Å². The summed E-state index contributed by atoms with van der Waals surface area (Å²) in [6, 6.07) is 13.1. The van der Waals surface area contributed by atoms with Gasteiger partial charge in [0.2, 0.25) is 0 Å². The fourth-order valence-electron chi connectivity index (χ4n) is 3.61. The molecule has 3 rings (SSSR count). The van der Waals surface area contributed by atoms with E-state index in [2.05, 4.69) is 19.2 Å². The normalized spacial score (nSPS) is 15.9. The minimum Gasteiger partial charge on any atom is -0.475 e. The summed E-state index contributed by atoms with van der Waals surface area (Å²) in [6.07, 6.45) is -0.120. The molecule has 1 aliphatic rings. The van der Waals surface area contributed by atoms with Crippen LogP contribution < -0.4 is 11.1 Å². The molecule has 0 heterocycles. The van der Waals surface area contributed by atoms with Crippen LogP contribution in [0.15, 0.2) is 42.5 Å². The van der Waals surface area contributed by atoms with Gasteiger partial charge in [-0.05, 0) is 48.3 Å². The van der Waals surface area contributed by atoms with Crippen molar-refractivity contribution in [2.24, 2.45) is 11.1 Å². The SMILES string of the molecule is CC1(C)CCC(NCc2ccc(-c3cccc(C(N)=O)c3F)cc2)CC1.O=C(O)C(F)(F)F. The molecule has 4 N–H and O–H groups in total. The van der Waals surface area contributed by atoms with Gasteiger partial charge in [0.1, 0.15) is 5.82 Å². The Balaban J connectivity index is 0.000000479. The Hall–Kier alpha value is -2.94. The number of aliphatic carboxylic acids is 1. The first-order valence-corrected chi connectivity index (χ1v) is 10.5. The fourth-order valence-corrected chi connectivity index (χ4v) is 3.61. The van der Waals surface area contributed by atoms with Crippen molar-refractivity contribution in [3.63, 3.8) is 0 Å². The zero-order valence-corrected chi connectivity index (χ0v) is 18.5. The number of benzene rings is 2. The van der Waals surface area contributed by atoms with Crippen molar-refractivity contribution in [1.82, 2.24) is 5.32 Å². The van der Waals surface area contributed by atoms with E-state index in [1.807, 2.05) is 24.3 Å². The van der Waals surface area contributed by atoms with E-state index in [4.69, 9.17) is 15.6 Å². The van der Waals surface area contributed by atoms with Crippen molar-refractivity contribution in [3.05, 3.63) is 59.4 Å². The standard InChI is InChI=1S/C22H27FN2O.C2HF3O2/c1-22(2)12-10-17(11-13-22)25-14-15-6-8-16(9-7-15)18-4-3-5-19(20(18)23)21(24)26;3-2(4,5)1(6)7/h3-9,17,25H,10-14H2,1-2H3,(H2,24,26);(H,6,7). The number of rotatable bonds is 5. The molecular weight excluding hydrogens is 440 g/mol. The first-order valence-electron chi connectivity index (χ1n) is 10.5. The molecule has 1 amide bonds. The lowest BCUT2D eigenvalue weighted by atomic mass is 9.75. The van der Waals surface area contributed by atoms with Crippen molar-refractivity contribution in [2.45, 2.75) is 58.3 Å². The molecule has 0 aliphatic heterocycles. The van der Waals surface area contributed by atoms with Crippen LogP contribution in [-0.2, 0) is 11.3 Å². The van der Waals surface area contributed by atoms with Crippen LogP contribution in [-0.4, -0.2) is 29.2 Å². The number of hydrogen-bond donors (Lipinski definition) is 3. The van der Waals surface area contributed by atoms with Crippen molar-refractivity contribution in [2.75, 3.05) is 0 Å². The summed E-state index contributed by atoms with van der Waals surface area (Å²) in [5.41, 5.74) is 7.94. The quantitative estimate of drug-likeness (QED) is 0.521. The molecule has 1 saturated carbocycles. The molecule has 1 fully saturated rings. The van der Waals surface area contributed by atoms with Gasteiger partial charge in [-0.2, -0.15) is 13.2 Å². The summed E-state index contributed by atoms with van der Waals surface area (Å²) in [6.45, 7) is 5.50. The van der Waals surface area contributed by atoms with Gasteiger partial charge in [-0.15, -0.1) is 0 Å². The van der Waals surface area contributed by atoms with E-state index < -0.39 is 23.9 Å². The Morgan fingerprint density at radius 1 is 1.09 bits per heavy atom. The highest BCUT2D eigenvalue weighted by Gasteiger charge is 2.38. The van der Waals surface area contributed by atoms with Crippen LogP contribution in [0, 0.1) is 11.2 Å². The maximum Gasteiger partial charge on any atom is 0.490 e. The molecule has 2 aromatic carbocycles. The molecular formula is C24H28F4N2O3. The number of halogens is 4. The maximum absolute atomic E-state index is 14.5. The van der Waals surface area contributed by atoms with Crippen LogP contribution in [0.5, 0.6) is 0 Å². The van der Waals surface area contributed by atoms with E-state index in [1.165, 1.54) is 37.3 Å². The number of carbonyl (C=O) groups excluding carboxylic acids is 1. The molecule has 0 unspecified atom stereocenters. The third-order valence-corrected chi connectivity index (χ3v) is 5.71. The molecule has 0 radical (unpaired) electrons. The van der Waals surface area contributed by atoms with E-state index in [-0.39, 0.29) is 5.56 Å². The first kappa shape index (κ1) is 26.3. The van der Waals surface area contributed by atoms with Crippen LogP contribution in [0.4, 0.5) is 17.6 Å². The van der Waals surface area contributed by atoms with Gasteiger partial charge in [0.05, 0.1) is 5.56 Å². The van der Waals surface area contributed by atoms with Crippen molar-refractivity contribution in [3.8, 4) is 11.1 Å². The number of nitrogens with two attached hydrogens (primary N) is 1. The van der Waals surface area contributed by atoms with E-state index in [0.29, 0.717) is 17.0 Å². The summed E-state index contributed by atoms with van der Waals surface area (Å²) >= 11 is 0. The zero-order chi connectivity index (χ0) is 24.8. The third kappa shape index (κ3) is 7.85. The summed E-state index contributed by atoms with van der Waals surface area (Å²) in [5.74, 6) is -4.07. The van der Waals surface area contributed by atoms with Crippen LogP contribution in [0.2, 0.25) is 0 Å². The predicted molar refractivity (Wildman–Crippen MR) is 117 cm³/mol. The van der Waals surface area contributed by atoms with Crippen LogP contribution in [0.25, 0.3) is 11.1 Å². The highest BCUT2D eigenvalue weighted by Crippen LogP contribution is 2.35. The molecule has 0 spiro atoms. The van der Waals surface area contributed by atoms with Gasteiger partial charge in [0, 0.05) is 18.2 Å². The Bertz CT molecular complexity index is 963. The monoisotopic (exact) mass is 468 g/mol.